The molecule has 140 valence electrons. The highest BCUT2D eigenvalue weighted by atomic mass is 32.1. The maximum atomic E-state index is 4.54. The molecule has 0 aromatic carbocycles. The highest BCUT2D eigenvalue weighted by Crippen LogP contribution is 2.18. The van der Waals surface area contributed by atoms with Gasteiger partial charge >= 0.3 is 0 Å². The largest absolute Gasteiger partial charge is 0.357 e. The SMILES string of the molecule is CCc1cnc(CNC(=NC)NCc2ccnc(N3CCCCC3)c2)s1. The average molecular weight is 373 g/mol. The third kappa shape index (κ3) is 5.17. The molecule has 0 radical (unpaired) electrons. The molecule has 2 N–H and O–H groups in total. The van der Waals surface area contributed by atoms with Crippen molar-refractivity contribution in [1.29, 1.82) is 0 Å². The van der Waals surface area contributed by atoms with Gasteiger partial charge in [-0.05, 0) is 43.4 Å². The molecule has 0 bridgehead atoms. The van der Waals surface area contributed by atoms with Gasteiger partial charge in [0, 0.05) is 44.0 Å². The summed E-state index contributed by atoms with van der Waals surface area (Å²) in [6.45, 7) is 5.79. The average Bonchev–Trinajstić information content (AvgIpc) is 3.17. The van der Waals surface area contributed by atoms with Crippen LogP contribution in [0.4, 0.5) is 5.82 Å². The standard InChI is InChI=1S/C19H28N6S/c1-3-16-13-22-18(26-16)14-24-19(20-2)23-12-15-7-8-21-17(11-15)25-9-5-4-6-10-25/h7-8,11,13H,3-6,9-10,12,14H2,1-2H3,(H2,20,23,24). The number of nitrogens with one attached hydrogen (secondary N) is 2. The number of aryl methyl sites for hydroxylation is 1. The second-order valence-electron chi connectivity index (χ2n) is 6.42. The third-order valence-electron chi connectivity index (χ3n) is 4.53. The Kier molecular flexibility index (Phi) is 6.82. The minimum Gasteiger partial charge on any atom is -0.357 e. The molecule has 1 fully saturated rings. The normalized spacial score (nSPS) is 15.2. The predicted molar refractivity (Wildman–Crippen MR) is 109 cm³/mol. The van der Waals surface area contributed by atoms with E-state index in [9.17, 15) is 0 Å². The number of rotatable bonds is 6. The van der Waals surface area contributed by atoms with Gasteiger partial charge in [0.1, 0.15) is 10.8 Å². The minimum absolute atomic E-state index is 0.694. The van der Waals surface area contributed by atoms with E-state index in [-0.39, 0.29) is 0 Å². The molecule has 1 aliphatic rings. The number of guanidine groups is 1. The highest BCUT2D eigenvalue weighted by molar-refractivity contribution is 7.11. The van der Waals surface area contributed by atoms with Gasteiger partial charge in [-0.15, -0.1) is 11.3 Å². The highest BCUT2D eigenvalue weighted by Gasteiger charge is 2.12. The fourth-order valence-electron chi connectivity index (χ4n) is 3.03. The molecule has 0 spiro atoms. The molecule has 1 aliphatic heterocycles. The summed E-state index contributed by atoms with van der Waals surface area (Å²) in [6, 6.07) is 4.24. The van der Waals surface area contributed by atoms with Crippen LogP contribution < -0.4 is 15.5 Å². The van der Waals surface area contributed by atoms with Gasteiger partial charge in [0.15, 0.2) is 5.96 Å². The van der Waals surface area contributed by atoms with E-state index >= 15 is 0 Å². The topological polar surface area (TPSA) is 65.4 Å². The second kappa shape index (κ2) is 9.52. The van der Waals surface area contributed by atoms with Crippen molar-refractivity contribution in [3.8, 4) is 0 Å². The van der Waals surface area contributed by atoms with Crippen LogP contribution in [0.2, 0.25) is 0 Å². The van der Waals surface area contributed by atoms with Gasteiger partial charge in [-0.1, -0.05) is 6.92 Å². The van der Waals surface area contributed by atoms with E-state index in [0.717, 1.165) is 42.8 Å². The van der Waals surface area contributed by atoms with E-state index in [1.165, 1.54) is 29.7 Å². The van der Waals surface area contributed by atoms with E-state index in [0.29, 0.717) is 6.54 Å². The Morgan fingerprint density at radius 2 is 2.00 bits per heavy atom. The molecule has 26 heavy (non-hydrogen) atoms. The van der Waals surface area contributed by atoms with Crippen molar-refractivity contribution in [3.05, 3.63) is 40.0 Å². The Morgan fingerprint density at radius 1 is 1.19 bits per heavy atom. The minimum atomic E-state index is 0.694. The maximum Gasteiger partial charge on any atom is 0.191 e. The van der Waals surface area contributed by atoms with Gasteiger partial charge in [0.2, 0.25) is 0 Å². The Labute approximate surface area is 159 Å². The molecule has 2 aromatic rings. The summed E-state index contributed by atoms with van der Waals surface area (Å²) in [5, 5.41) is 7.79. The number of aliphatic imine (C=N–C) groups is 1. The number of anilines is 1. The number of hydrogen-bond donors (Lipinski definition) is 2. The molecular formula is C19H28N6S. The predicted octanol–water partition coefficient (Wildman–Crippen LogP) is 2.96. The van der Waals surface area contributed by atoms with Crippen LogP contribution in [0.1, 0.15) is 41.6 Å². The smallest absolute Gasteiger partial charge is 0.191 e. The number of thiazole rings is 1. The van der Waals surface area contributed by atoms with E-state index in [1.807, 2.05) is 12.4 Å². The van der Waals surface area contributed by atoms with Crippen LogP contribution in [0.3, 0.4) is 0 Å². The number of piperidine rings is 1. The first kappa shape index (κ1) is 18.6. The number of aromatic nitrogens is 2. The summed E-state index contributed by atoms with van der Waals surface area (Å²) in [4.78, 5) is 17.0. The van der Waals surface area contributed by atoms with E-state index < -0.39 is 0 Å². The number of pyridine rings is 1. The number of hydrogen-bond acceptors (Lipinski definition) is 5. The molecule has 7 heteroatoms. The van der Waals surface area contributed by atoms with Crippen molar-refractivity contribution in [2.24, 2.45) is 4.99 Å². The Balaban J connectivity index is 1.51. The summed E-state index contributed by atoms with van der Waals surface area (Å²) in [5.41, 5.74) is 1.21. The summed E-state index contributed by atoms with van der Waals surface area (Å²) >= 11 is 1.75. The first-order chi connectivity index (χ1) is 12.8. The lowest BCUT2D eigenvalue weighted by molar-refractivity contribution is 0.573. The zero-order valence-electron chi connectivity index (χ0n) is 15.7. The van der Waals surface area contributed by atoms with E-state index in [4.69, 9.17) is 0 Å². The summed E-state index contributed by atoms with van der Waals surface area (Å²) in [7, 11) is 1.79. The van der Waals surface area contributed by atoms with Crippen LogP contribution in [0.5, 0.6) is 0 Å². The lowest BCUT2D eigenvalue weighted by atomic mass is 10.1. The molecule has 2 aromatic heterocycles. The van der Waals surface area contributed by atoms with Crippen LogP contribution in [0.15, 0.2) is 29.5 Å². The van der Waals surface area contributed by atoms with Crippen molar-refractivity contribution in [2.45, 2.75) is 45.7 Å². The molecular weight excluding hydrogens is 344 g/mol. The van der Waals surface area contributed by atoms with E-state index in [1.54, 1.807) is 18.4 Å². The monoisotopic (exact) mass is 372 g/mol. The van der Waals surface area contributed by atoms with Crippen molar-refractivity contribution < 1.29 is 0 Å². The number of nitrogens with zero attached hydrogens (tertiary/aromatic N) is 4. The molecule has 0 amide bonds. The van der Waals surface area contributed by atoms with Crippen molar-refractivity contribution in [2.75, 3.05) is 25.0 Å². The van der Waals surface area contributed by atoms with Crippen LogP contribution >= 0.6 is 11.3 Å². The molecule has 3 heterocycles. The quantitative estimate of drug-likeness (QED) is 0.603. The van der Waals surface area contributed by atoms with Gasteiger partial charge in [-0.25, -0.2) is 9.97 Å². The van der Waals surface area contributed by atoms with Crippen LogP contribution in [0, 0.1) is 0 Å². The van der Waals surface area contributed by atoms with Crippen LogP contribution in [-0.4, -0.2) is 36.1 Å². The molecule has 6 nitrogen and oxygen atoms in total. The van der Waals surface area contributed by atoms with Gasteiger partial charge < -0.3 is 15.5 Å². The summed E-state index contributed by atoms with van der Waals surface area (Å²) in [6.07, 6.45) is 8.75. The fraction of sp³-hybridized carbons (Fsp3) is 0.526. The molecule has 0 unspecified atom stereocenters. The van der Waals surface area contributed by atoms with Crippen molar-refractivity contribution in [1.82, 2.24) is 20.6 Å². The summed E-state index contributed by atoms with van der Waals surface area (Å²) in [5.74, 6) is 1.87. The summed E-state index contributed by atoms with van der Waals surface area (Å²) < 4.78 is 0. The Hall–Kier alpha value is -2.15. The van der Waals surface area contributed by atoms with Gasteiger partial charge in [-0.2, -0.15) is 0 Å². The Morgan fingerprint density at radius 3 is 2.73 bits per heavy atom. The first-order valence-electron chi connectivity index (χ1n) is 9.36. The van der Waals surface area contributed by atoms with E-state index in [2.05, 4.69) is 49.6 Å². The van der Waals surface area contributed by atoms with Gasteiger partial charge in [0.05, 0.1) is 6.54 Å². The molecule has 0 aliphatic carbocycles. The van der Waals surface area contributed by atoms with Gasteiger partial charge in [0.25, 0.3) is 0 Å². The molecule has 3 rings (SSSR count). The molecule has 0 saturated carbocycles. The lowest BCUT2D eigenvalue weighted by Gasteiger charge is -2.28. The zero-order valence-corrected chi connectivity index (χ0v) is 16.5. The van der Waals surface area contributed by atoms with Crippen molar-refractivity contribution >= 4 is 23.1 Å². The second-order valence-corrected chi connectivity index (χ2v) is 7.62. The van der Waals surface area contributed by atoms with Crippen LogP contribution in [-0.2, 0) is 19.5 Å². The van der Waals surface area contributed by atoms with Crippen molar-refractivity contribution in [3.63, 3.8) is 0 Å². The molecule has 1 saturated heterocycles. The fourth-order valence-corrected chi connectivity index (χ4v) is 3.83. The zero-order chi connectivity index (χ0) is 18.2. The third-order valence-corrected chi connectivity index (χ3v) is 5.67. The van der Waals surface area contributed by atoms with Crippen LogP contribution in [0.25, 0.3) is 0 Å². The van der Waals surface area contributed by atoms with Gasteiger partial charge in [-0.3, -0.25) is 4.99 Å². The molecule has 0 atom stereocenters. The first-order valence-corrected chi connectivity index (χ1v) is 10.2. The lowest BCUT2D eigenvalue weighted by Crippen LogP contribution is -2.36. The Bertz CT molecular complexity index is 720. The maximum absolute atomic E-state index is 4.54.